The van der Waals surface area contributed by atoms with Crippen LogP contribution in [0.4, 0.5) is 8.78 Å². The van der Waals surface area contributed by atoms with Gasteiger partial charge in [-0.25, -0.2) is 8.78 Å². The van der Waals surface area contributed by atoms with Crippen LogP contribution in [0.5, 0.6) is 0 Å². The molecule has 2 nitrogen and oxygen atoms in total. The first kappa shape index (κ1) is 12.4. The molecular weight excluding hydrogens is 266 g/mol. The summed E-state index contributed by atoms with van der Waals surface area (Å²) in [6.45, 7) is 0. The number of aromatic nitrogens is 1. The molecule has 0 fully saturated rings. The fraction of sp³-hybridized carbons (Fsp3) is 0.182. The van der Waals surface area contributed by atoms with E-state index in [1.54, 1.807) is 11.7 Å². The van der Waals surface area contributed by atoms with Gasteiger partial charge >= 0.3 is 0 Å². The number of nitrogens with zero attached hydrogens (tertiary/aromatic N) is 1. The Labute approximate surface area is 106 Å². The molecule has 0 aliphatic rings. The summed E-state index contributed by atoms with van der Waals surface area (Å²) in [7, 11) is 0. The van der Waals surface area contributed by atoms with Crippen molar-refractivity contribution in [3.63, 3.8) is 0 Å². The van der Waals surface area contributed by atoms with Gasteiger partial charge in [0.1, 0.15) is 11.6 Å². The molecule has 0 radical (unpaired) electrons. The largest absolute Gasteiger partial charge is 0.324 e. The molecule has 0 spiro atoms. The Morgan fingerprint density at radius 3 is 2.76 bits per heavy atom. The second kappa shape index (κ2) is 5.08. The lowest BCUT2D eigenvalue weighted by Crippen LogP contribution is -2.15. The molecule has 0 saturated carbocycles. The number of thiazole rings is 1. The molecule has 90 valence electrons. The minimum absolute atomic E-state index is 0.125. The van der Waals surface area contributed by atoms with Crippen molar-refractivity contribution in [1.29, 1.82) is 0 Å². The van der Waals surface area contributed by atoms with Crippen LogP contribution in [0.3, 0.4) is 0 Å². The van der Waals surface area contributed by atoms with E-state index < -0.39 is 17.7 Å². The zero-order valence-corrected chi connectivity index (χ0v) is 10.2. The lowest BCUT2D eigenvalue weighted by molar-refractivity contribution is 0.562. The van der Waals surface area contributed by atoms with Crippen LogP contribution in [-0.2, 0) is 6.42 Å². The standard InChI is InChI=1S/C11H9ClF2N2S/c12-8-3-9(13)7(2-10(8)14)11(15)1-6-4-16-5-17-6/h2-5,11H,1,15H2. The van der Waals surface area contributed by atoms with Crippen molar-refractivity contribution in [1.82, 2.24) is 4.98 Å². The molecule has 1 atom stereocenters. The van der Waals surface area contributed by atoms with Crippen LogP contribution < -0.4 is 5.73 Å². The summed E-state index contributed by atoms with van der Waals surface area (Å²) in [6.07, 6.45) is 2.08. The highest BCUT2D eigenvalue weighted by Crippen LogP contribution is 2.25. The molecule has 6 heteroatoms. The molecule has 2 rings (SSSR count). The Hall–Kier alpha value is -1.04. The number of nitrogens with two attached hydrogens (primary N) is 1. The molecule has 1 aromatic carbocycles. The minimum atomic E-state index is -0.664. The molecule has 2 aromatic rings. The summed E-state index contributed by atoms with van der Waals surface area (Å²) in [5.41, 5.74) is 7.63. The Balaban J connectivity index is 2.24. The maximum Gasteiger partial charge on any atom is 0.142 e. The van der Waals surface area contributed by atoms with E-state index in [1.807, 2.05) is 0 Å². The Bertz CT molecular complexity index is 516. The third kappa shape index (κ3) is 2.80. The zero-order valence-electron chi connectivity index (χ0n) is 8.66. The first-order chi connectivity index (χ1) is 8.08. The molecule has 0 aliphatic carbocycles. The smallest absolute Gasteiger partial charge is 0.142 e. The molecule has 1 aromatic heterocycles. The van der Waals surface area contributed by atoms with Crippen LogP contribution in [0.2, 0.25) is 5.02 Å². The normalized spacial score (nSPS) is 12.7. The first-order valence-corrected chi connectivity index (χ1v) is 6.11. The SMILES string of the molecule is NC(Cc1cncs1)c1cc(F)c(Cl)cc1F. The molecule has 17 heavy (non-hydrogen) atoms. The van der Waals surface area contributed by atoms with E-state index in [-0.39, 0.29) is 10.6 Å². The molecule has 0 aliphatic heterocycles. The highest BCUT2D eigenvalue weighted by atomic mass is 35.5. The number of benzene rings is 1. The van der Waals surface area contributed by atoms with Crippen LogP contribution in [0.15, 0.2) is 23.8 Å². The molecule has 0 bridgehead atoms. The van der Waals surface area contributed by atoms with Crippen LogP contribution in [0.25, 0.3) is 0 Å². The van der Waals surface area contributed by atoms with Gasteiger partial charge in [-0.1, -0.05) is 11.6 Å². The molecule has 1 heterocycles. The Morgan fingerprint density at radius 1 is 1.35 bits per heavy atom. The van der Waals surface area contributed by atoms with Gasteiger partial charge in [0.25, 0.3) is 0 Å². The summed E-state index contributed by atoms with van der Waals surface area (Å²) in [5, 5.41) is -0.240. The molecule has 0 amide bonds. The Kier molecular flexibility index (Phi) is 3.71. The predicted octanol–water partition coefficient (Wildman–Crippen LogP) is 3.32. The third-order valence-electron chi connectivity index (χ3n) is 2.34. The van der Waals surface area contributed by atoms with Gasteiger partial charge in [-0.05, 0) is 12.1 Å². The summed E-state index contributed by atoms with van der Waals surface area (Å²) in [4.78, 5) is 4.82. The van der Waals surface area contributed by atoms with Gasteiger partial charge in [0, 0.05) is 29.1 Å². The lowest BCUT2D eigenvalue weighted by Gasteiger charge is -2.12. The summed E-state index contributed by atoms with van der Waals surface area (Å²) in [5.74, 6) is -1.25. The van der Waals surface area contributed by atoms with Gasteiger partial charge in [0.05, 0.1) is 10.5 Å². The fourth-order valence-corrected chi connectivity index (χ4v) is 2.30. The van der Waals surface area contributed by atoms with Gasteiger partial charge in [-0.2, -0.15) is 0 Å². The molecular formula is C11H9ClF2N2S. The summed E-state index contributed by atoms with van der Waals surface area (Å²) >= 11 is 6.90. The molecule has 2 N–H and O–H groups in total. The van der Waals surface area contributed by atoms with E-state index in [0.717, 1.165) is 17.0 Å². The monoisotopic (exact) mass is 274 g/mol. The van der Waals surface area contributed by atoms with Crippen LogP contribution in [0, 0.1) is 11.6 Å². The Morgan fingerprint density at radius 2 is 2.12 bits per heavy atom. The van der Waals surface area contributed by atoms with Gasteiger partial charge in [0.2, 0.25) is 0 Å². The molecule has 0 saturated heterocycles. The average molecular weight is 275 g/mol. The van der Waals surface area contributed by atoms with Crippen LogP contribution in [0.1, 0.15) is 16.5 Å². The van der Waals surface area contributed by atoms with E-state index in [4.69, 9.17) is 17.3 Å². The number of hydrogen-bond acceptors (Lipinski definition) is 3. The molecule has 1 unspecified atom stereocenters. The van der Waals surface area contributed by atoms with Crippen molar-refractivity contribution in [2.45, 2.75) is 12.5 Å². The van der Waals surface area contributed by atoms with Crippen molar-refractivity contribution in [3.05, 3.63) is 50.9 Å². The maximum absolute atomic E-state index is 13.6. The fourth-order valence-electron chi connectivity index (χ4n) is 1.49. The van der Waals surface area contributed by atoms with E-state index >= 15 is 0 Å². The number of halogens is 3. The second-order valence-electron chi connectivity index (χ2n) is 3.57. The van der Waals surface area contributed by atoms with E-state index in [2.05, 4.69) is 4.98 Å². The predicted molar refractivity (Wildman–Crippen MR) is 64.1 cm³/mol. The number of hydrogen-bond donors (Lipinski definition) is 1. The van der Waals surface area contributed by atoms with E-state index in [9.17, 15) is 8.78 Å². The average Bonchev–Trinajstić information content (AvgIpc) is 2.76. The van der Waals surface area contributed by atoms with E-state index in [0.29, 0.717) is 6.42 Å². The number of rotatable bonds is 3. The van der Waals surface area contributed by atoms with Crippen LogP contribution >= 0.6 is 22.9 Å². The van der Waals surface area contributed by atoms with Gasteiger partial charge in [0.15, 0.2) is 0 Å². The van der Waals surface area contributed by atoms with Crippen molar-refractivity contribution in [2.75, 3.05) is 0 Å². The first-order valence-electron chi connectivity index (χ1n) is 4.85. The highest BCUT2D eigenvalue weighted by Gasteiger charge is 2.16. The van der Waals surface area contributed by atoms with Crippen LogP contribution in [-0.4, -0.2) is 4.98 Å². The van der Waals surface area contributed by atoms with Crippen molar-refractivity contribution >= 4 is 22.9 Å². The summed E-state index contributed by atoms with van der Waals surface area (Å²) < 4.78 is 26.8. The lowest BCUT2D eigenvalue weighted by atomic mass is 10.0. The van der Waals surface area contributed by atoms with Gasteiger partial charge < -0.3 is 5.73 Å². The highest BCUT2D eigenvalue weighted by molar-refractivity contribution is 7.09. The maximum atomic E-state index is 13.6. The minimum Gasteiger partial charge on any atom is -0.324 e. The van der Waals surface area contributed by atoms with Gasteiger partial charge in [-0.15, -0.1) is 11.3 Å². The second-order valence-corrected chi connectivity index (χ2v) is 4.94. The van der Waals surface area contributed by atoms with E-state index in [1.165, 1.54) is 11.3 Å². The zero-order chi connectivity index (χ0) is 12.4. The third-order valence-corrected chi connectivity index (χ3v) is 3.44. The quantitative estimate of drug-likeness (QED) is 0.872. The van der Waals surface area contributed by atoms with Crippen molar-refractivity contribution in [3.8, 4) is 0 Å². The topological polar surface area (TPSA) is 38.9 Å². The van der Waals surface area contributed by atoms with Crippen molar-refractivity contribution in [2.24, 2.45) is 5.73 Å². The summed E-state index contributed by atoms with van der Waals surface area (Å²) in [6, 6.07) is 1.38. The van der Waals surface area contributed by atoms with Crippen molar-refractivity contribution < 1.29 is 8.78 Å². The van der Waals surface area contributed by atoms with Gasteiger partial charge in [-0.3, -0.25) is 4.98 Å².